The zero-order chi connectivity index (χ0) is 20.4. The zero-order valence-electron chi connectivity index (χ0n) is 15.1. The number of nitrogens with one attached hydrogen (secondary N) is 1. The van der Waals surface area contributed by atoms with Gasteiger partial charge in [-0.2, -0.15) is 0 Å². The number of halogens is 2. The molecule has 4 rings (SSSR count). The monoisotopic (exact) mass is 488 g/mol. The number of rotatable bonds is 5. The van der Waals surface area contributed by atoms with E-state index in [2.05, 4.69) is 26.2 Å². The van der Waals surface area contributed by atoms with E-state index < -0.39 is 0 Å². The number of amides is 1. The van der Waals surface area contributed by atoms with E-state index in [9.17, 15) is 4.79 Å². The third-order valence-corrected chi connectivity index (χ3v) is 5.72. The molecule has 29 heavy (non-hydrogen) atoms. The molecule has 0 spiro atoms. The Kier molecular flexibility index (Phi) is 5.71. The molecule has 0 atom stereocenters. The number of ether oxygens (including phenoxy) is 1. The average molecular weight is 490 g/mol. The summed E-state index contributed by atoms with van der Waals surface area (Å²) in [7, 11) is 1.61. The molecule has 0 radical (unpaired) electrons. The van der Waals surface area contributed by atoms with Gasteiger partial charge < -0.3 is 9.15 Å². The molecule has 0 unspecified atom stereocenters. The summed E-state index contributed by atoms with van der Waals surface area (Å²) in [6.07, 6.45) is 0. The SMILES string of the molecule is COc1ccc(-c2csc(NC(=O)c3ccc(-c4cccc(Cl)c4)o3)n2)cc1Br. The van der Waals surface area contributed by atoms with Crippen LogP contribution in [0.15, 0.2) is 68.9 Å². The number of carbonyl (C=O) groups is 1. The van der Waals surface area contributed by atoms with Gasteiger partial charge in [0.05, 0.1) is 17.3 Å². The molecule has 8 heteroatoms. The second kappa shape index (κ2) is 8.41. The van der Waals surface area contributed by atoms with Crippen molar-refractivity contribution in [1.29, 1.82) is 0 Å². The van der Waals surface area contributed by atoms with E-state index in [-0.39, 0.29) is 11.7 Å². The first-order valence-corrected chi connectivity index (χ1v) is 10.5. The predicted octanol–water partition coefficient (Wildman–Crippen LogP) is 6.75. The molecular formula is C21H14BrClN2O3S. The maximum Gasteiger partial charge on any atom is 0.293 e. The molecule has 2 heterocycles. The smallest absolute Gasteiger partial charge is 0.293 e. The highest BCUT2D eigenvalue weighted by atomic mass is 79.9. The highest BCUT2D eigenvalue weighted by molar-refractivity contribution is 9.10. The second-order valence-corrected chi connectivity index (χ2v) is 8.16. The molecule has 0 saturated heterocycles. The molecule has 1 amide bonds. The van der Waals surface area contributed by atoms with Crippen LogP contribution < -0.4 is 10.1 Å². The molecular weight excluding hydrogens is 476 g/mol. The number of methoxy groups -OCH3 is 1. The second-order valence-electron chi connectivity index (χ2n) is 6.02. The van der Waals surface area contributed by atoms with E-state index in [4.69, 9.17) is 20.8 Å². The molecule has 146 valence electrons. The van der Waals surface area contributed by atoms with Crippen molar-refractivity contribution >= 4 is 49.9 Å². The van der Waals surface area contributed by atoms with Crippen LogP contribution in [-0.2, 0) is 0 Å². The van der Waals surface area contributed by atoms with Crippen molar-refractivity contribution in [3.63, 3.8) is 0 Å². The summed E-state index contributed by atoms with van der Waals surface area (Å²) >= 11 is 10.8. The summed E-state index contributed by atoms with van der Waals surface area (Å²) in [5.74, 6) is 1.14. The van der Waals surface area contributed by atoms with E-state index >= 15 is 0 Å². The minimum absolute atomic E-state index is 0.198. The van der Waals surface area contributed by atoms with Gasteiger partial charge in [-0.05, 0) is 58.4 Å². The molecule has 0 bridgehead atoms. The van der Waals surface area contributed by atoms with Crippen molar-refractivity contribution in [2.45, 2.75) is 0 Å². The first-order chi connectivity index (χ1) is 14.0. The Morgan fingerprint density at radius 3 is 2.79 bits per heavy atom. The first-order valence-electron chi connectivity index (χ1n) is 8.50. The molecule has 1 N–H and O–H groups in total. The summed E-state index contributed by atoms with van der Waals surface area (Å²) in [6, 6.07) is 16.3. The Bertz CT molecular complexity index is 1190. The maximum absolute atomic E-state index is 12.5. The fourth-order valence-corrected chi connectivity index (χ4v) is 4.15. The lowest BCUT2D eigenvalue weighted by Crippen LogP contribution is -2.10. The minimum Gasteiger partial charge on any atom is -0.496 e. The molecule has 2 aromatic carbocycles. The van der Waals surface area contributed by atoms with Gasteiger partial charge in [0.1, 0.15) is 11.5 Å². The molecule has 0 aliphatic heterocycles. The summed E-state index contributed by atoms with van der Waals surface area (Å²) in [4.78, 5) is 17.0. The summed E-state index contributed by atoms with van der Waals surface area (Å²) < 4.78 is 11.8. The molecule has 4 aromatic rings. The van der Waals surface area contributed by atoms with Gasteiger partial charge in [0.15, 0.2) is 10.9 Å². The van der Waals surface area contributed by atoms with Crippen LogP contribution in [0.2, 0.25) is 5.02 Å². The lowest BCUT2D eigenvalue weighted by atomic mass is 10.2. The standard InChI is InChI=1S/C21H14BrClN2O3S/c1-27-18-6-5-12(10-15(18)22)16-11-29-21(24-16)25-20(26)19-8-7-17(28-19)13-3-2-4-14(23)9-13/h2-11H,1H3,(H,24,25,26). The van der Waals surface area contributed by atoms with Crippen LogP contribution in [-0.4, -0.2) is 18.0 Å². The molecule has 0 aliphatic carbocycles. The van der Waals surface area contributed by atoms with Crippen LogP contribution in [0.5, 0.6) is 5.75 Å². The van der Waals surface area contributed by atoms with Crippen molar-refractivity contribution in [2.24, 2.45) is 0 Å². The van der Waals surface area contributed by atoms with Crippen LogP contribution in [0.3, 0.4) is 0 Å². The fourth-order valence-electron chi connectivity index (χ4n) is 2.70. The van der Waals surface area contributed by atoms with Gasteiger partial charge in [-0.25, -0.2) is 4.98 Å². The molecule has 2 aromatic heterocycles. The number of benzene rings is 2. The third-order valence-electron chi connectivity index (χ3n) is 4.11. The third kappa shape index (κ3) is 4.37. The topological polar surface area (TPSA) is 64.4 Å². The van der Waals surface area contributed by atoms with Gasteiger partial charge in [-0.15, -0.1) is 11.3 Å². The van der Waals surface area contributed by atoms with Crippen LogP contribution >= 0.6 is 38.9 Å². The van der Waals surface area contributed by atoms with Crippen molar-refractivity contribution in [3.8, 4) is 28.3 Å². The fraction of sp³-hybridized carbons (Fsp3) is 0.0476. The van der Waals surface area contributed by atoms with Crippen LogP contribution in [0, 0.1) is 0 Å². The highest BCUT2D eigenvalue weighted by Gasteiger charge is 2.15. The summed E-state index contributed by atoms with van der Waals surface area (Å²) in [5, 5.41) is 5.74. The highest BCUT2D eigenvalue weighted by Crippen LogP contribution is 2.32. The van der Waals surface area contributed by atoms with Crippen LogP contribution in [0.1, 0.15) is 10.6 Å². The van der Waals surface area contributed by atoms with Crippen molar-refractivity contribution < 1.29 is 13.9 Å². The van der Waals surface area contributed by atoms with Gasteiger partial charge in [0, 0.05) is 21.5 Å². The van der Waals surface area contributed by atoms with Gasteiger partial charge in [0.25, 0.3) is 5.91 Å². The summed E-state index contributed by atoms with van der Waals surface area (Å²) in [6.45, 7) is 0. The Morgan fingerprint density at radius 2 is 2.03 bits per heavy atom. The maximum atomic E-state index is 12.5. The Morgan fingerprint density at radius 1 is 1.17 bits per heavy atom. The lowest BCUT2D eigenvalue weighted by molar-refractivity contribution is 0.0997. The summed E-state index contributed by atoms with van der Waals surface area (Å²) in [5.41, 5.74) is 2.47. The number of hydrogen-bond donors (Lipinski definition) is 1. The Balaban J connectivity index is 1.49. The molecule has 0 aliphatic rings. The molecule has 0 saturated carbocycles. The van der Waals surface area contributed by atoms with Crippen molar-refractivity contribution in [2.75, 3.05) is 12.4 Å². The zero-order valence-corrected chi connectivity index (χ0v) is 18.3. The van der Waals surface area contributed by atoms with E-state index in [1.807, 2.05) is 35.7 Å². The van der Waals surface area contributed by atoms with E-state index in [0.29, 0.717) is 15.9 Å². The lowest BCUT2D eigenvalue weighted by Gasteiger charge is -2.04. The van der Waals surface area contributed by atoms with Gasteiger partial charge in [-0.1, -0.05) is 23.7 Å². The largest absolute Gasteiger partial charge is 0.496 e. The minimum atomic E-state index is -0.366. The number of hydrogen-bond acceptors (Lipinski definition) is 5. The quantitative estimate of drug-likeness (QED) is 0.337. The predicted molar refractivity (Wildman–Crippen MR) is 119 cm³/mol. The van der Waals surface area contributed by atoms with E-state index in [1.165, 1.54) is 11.3 Å². The molecule has 5 nitrogen and oxygen atoms in total. The number of furan rings is 1. The molecule has 0 fully saturated rings. The Labute approximate surface area is 184 Å². The normalized spacial score (nSPS) is 10.7. The average Bonchev–Trinajstić information content (AvgIpc) is 3.38. The van der Waals surface area contributed by atoms with Gasteiger partial charge in [-0.3, -0.25) is 10.1 Å². The van der Waals surface area contributed by atoms with Gasteiger partial charge in [0.2, 0.25) is 0 Å². The number of anilines is 1. The van der Waals surface area contributed by atoms with E-state index in [1.54, 1.807) is 31.4 Å². The Hall–Kier alpha value is -2.61. The number of nitrogens with zero attached hydrogens (tertiary/aromatic N) is 1. The van der Waals surface area contributed by atoms with Crippen LogP contribution in [0.4, 0.5) is 5.13 Å². The number of aromatic nitrogens is 1. The van der Waals surface area contributed by atoms with E-state index in [0.717, 1.165) is 27.0 Å². The number of thiazole rings is 1. The number of carbonyl (C=O) groups excluding carboxylic acids is 1. The van der Waals surface area contributed by atoms with Crippen LogP contribution in [0.25, 0.3) is 22.6 Å². The van der Waals surface area contributed by atoms with Crippen molar-refractivity contribution in [3.05, 3.63) is 75.2 Å². The van der Waals surface area contributed by atoms with Gasteiger partial charge >= 0.3 is 0 Å². The first kappa shape index (κ1) is 19.7. The van der Waals surface area contributed by atoms with Crippen molar-refractivity contribution in [1.82, 2.24) is 4.98 Å².